The number of pyridine rings is 1. The van der Waals surface area contributed by atoms with E-state index in [2.05, 4.69) is 0 Å². The molecule has 94 valence electrons. The molecule has 6 nitrogen and oxygen atoms in total. The first-order valence-electron chi connectivity index (χ1n) is 5.14. The number of nitrogens with zero attached hydrogens (tertiary/aromatic N) is 1. The molecular weight excluding hydrogens is 238 g/mol. The van der Waals surface area contributed by atoms with E-state index in [4.69, 9.17) is 14.3 Å². The van der Waals surface area contributed by atoms with Crippen LogP contribution in [0.15, 0.2) is 40.1 Å². The first kappa shape index (κ1) is 12.0. The van der Waals surface area contributed by atoms with Crippen molar-refractivity contribution in [3.63, 3.8) is 0 Å². The second-order valence-corrected chi connectivity index (χ2v) is 3.66. The van der Waals surface area contributed by atoms with E-state index in [-0.39, 0.29) is 18.0 Å². The summed E-state index contributed by atoms with van der Waals surface area (Å²) in [6, 6.07) is 2.76. The molecule has 0 saturated heterocycles. The summed E-state index contributed by atoms with van der Waals surface area (Å²) in [6.45, 7) is 0.286. The molecule has 0 atom stereocenters. The van der Waals surface area contributed by atoms with E-state index in [1.807, 2.05) is 0 Å². The Labute approximate surface area is 102 Å². The molecule has 0 aromatic carbocycles. The Hall–Kier alpha value is -2.50. The van der Waals surface area contributed by atoms with Crippen LogP contribution in [0.25, 0.3) is 0 Å². The molecule has 2 rings (SSSR count). The Balaban J connectivity index is 2.49. The average Bonchev–Trinajstić information content (AvgIpc) is 2.83. The number of rotatable bonds is 4. The van der Waals surface area contributed by atoms with Gasteiger partial charge in [0.05, 0.1) is 32.4 Å². The molecule has 1 N–H and O–H groups in total. The first-order chi connectivity index (χ1) is 8.61. The molecule has 0 aliphatic rings. The lowest BCUT2D eigenvalue weighted by molar-refractivity contribution is 0.0684. The van der Waals surface area contributed by atoms with Gasteiger partial charge in [0.1, 0.15) is 5.69 Å². The average molecular weight is 249 g/mol. The highest BCUT2D eigenvalue weighted by Crippen LogP contribution is 2.10. The summed E-state index contributed by atoms with van der Waals surface area (Å²) in [7, 11) is 1.36. The minimum Gasteiger partial charge on any atom is -0.491 e. The first-order valence-corrected chi connectivity index (χ1v) is 5.14. The predicted molar refractivity (Wildman–Crippen MR) is 62.0 cm³/mol. The minimum absolute atomic E-state index is 0.0954. The van der Waals surface area contributed by atoms with Gasteiger partial charge in [-0.25, -0.2) is 4.79 Å². The fourth-order valence-electron chi connectivity index (χ4n) is 1.60. The van der Waals surface area contributed by atoms with E-state index in [9.17, 15) is 9.59 Å². The summed E-state index contributed by atoms with van der Waals surface area (Å²) in [5, 5.41) is 9.06. The van der Waals surface area contributed by atoms with E-state index >= 15 is 0 Å². The summed E-state index contributed by atoms with van der Waals surface area (Å²) in [4.78, 5) is 22.6. The molecular formula is C12H11NO5. The molecule has 0 aliphatic carbocycles. The van der Waals surface area contributed by atoms with Gasteiger partial charge >= 0.3 is 5.97 Å². The number of carboxylic acids is 1. The van der Waals surface area contributed by atoms with Crippen molar-refractivity contribution in [2.45, 2.75) is 6.54 Å². The van der Waals surface area contributed by atoms with Gasteiger partial charge in [-0.2, -0.15) is 0 Å². The molecule has 2 heterocycles. The van der Waals surface area contributed by atoms with E-state index in [0.29, 0.717) is 0 Å². The Morgan fingerprint density at radius 2 is 2.33 bits per heavy atom. The van der Waals surface area contributed by atoms with Crippen molar-refractivity contribution < 1.29 is 19.1 Å². The van der Waals surface area contributed by atoms with Crippen molar-refractivity contribution in [2.75, 3.05) is 7.11 Å². The standard InChI is InChI=1S/C12H11NO5/c1-17-11-6-13(5-8-2-3-18-7-8)9(12(15)16)4-10(11)14/h2-4,6-7H,5H2,1H3,(H,15,16). The number of carboxylic acid groups (broad SMARTS) is 1. The minimum atomic E-state index is -1.17. The molecule has 0 fully saturated rings. The van der Waals surface area contributed by atoms with Crippen LogP contribution in [0.4, 0.5) is 0 Å². The maximum absolute atomic E-state index is 11.5. The lowest BCUT2D eigenvalue weighted by atomic mass is 10.2. The van der Waals surface area contributed by atoms with Crippen molar-refractivity contribution >= 4 is 5.97 Å². The highest BCUT2D eigenvalue weighted by atomic mass is 16.5. The molecule has 2 aromatic rings. The van der Waals surface area contributed by atoms with Crippen LogP contribution in [0.1, 0.15) is 16.1 Å². The van der Waals surface area contributed by atoms with Gasteiger partial charge < -0.3 is 18.8 Å². The molecule has 0 saturated carbocycles. The Morgan fingerprint density at radius 3 is 2.89 bits per heavy atom. The highest BCUT2D eigenvalue weighted by Gasteiger charge is 2.13. The van der Waals surface area contributed by atoms with Gasteiger partial charge in [-0.1, -0.05) is 0 Å². The highest BCUT2D eigenvalue weighted by molar-refractivity contribution is 5.85. The van der Waals surface area contributed by atoms with Gasteiger partial charge in [0, 0.05) is 11.6 Å². The quantitative estimate of drug-likeness (QED) is 0.880. The van der Waals surface area contributed by atoms with E-state index in [1.54, 1.807) is 6.07 Å². The molecule has 2 aromatic heterocycles. The maximum atomic E-state index is 11.5. The zero-order chi connectivity index (χ0) is 13.1. The van der Waals surface area contributed by atoms with Crippen LogP contribution < -0.4 is 10.2 Å². The Kier molecular flexibility index (Phi) is 3.18. The summed E-state index contributed by atoms with van der Waals surface area (Å²) < 4.78 is 11.2. The fourth-order valence-corrected chi connectivity index (χ4v) is 1.60. The summed E-state index contributed by atoms with van der Waals surface area (Å²) in [5.41, 5.74) is 0.239. The zero-order valence-corrected chi connectivity index (χ0v) is 9.62. The van der Waals surface area contributed by atoms with Crippen LogP contribution in [0.2, 0.25) is 0 Å². The fraction of sp³-hybridized carbons (Fsp3) is 0.167. The lowest BCUT2D eigenvalue weighted by Gasteiger charge is -2.10. The van der Waals surface area contributed by atoms with Crippen molar-refractivity contribution in [2.24, 2.45) is 0 Å². The normalized spacial score (nSPS) is 10.3. The summed E-state index contributed by atoms with van der Waals surface area (Å²) >= 11 is 0. The van der Waals surface area contributed by atoms with E-state index in [0.717, 1.165) is 11.6 Å². The molecule has 0 spiro atoms. The number of carbonyl (C=O) groups is 1. The SMILES string of the molecule is COc1cn(Cc2ccoc2)c(C(=O)O)cc1=O. The molecule has 18 heavy (non-hydrogen) atoms. The zero-order valence-electron chi connectivity index (χ0n) is 9.62. The number of furan rings is 1. The number of aromatic nitrogens is 1. The molecule has 0 unspecified atom stereocenters. The molecule has 0 amide bonds. The third kappa shape index (κ3) is 2.27. The lowest BCUT2D eigenvalue weighted by Crippen LogP contribution is -2.18. The van der Waals surface area contributed by atoms with Gasteiger partial charge in [0.2, 0.25) is 5.43 Å². The molecule has 0 radical (unpaired) electrons. The monoisotopic (exact) mass is 249 g/mol. The summed E-state index contributed by atoms with van der Waals surface area (Å²) in [5.74, 6) is -1.07. The van der Waals surface area contributed by atoms with Crippen molar-refractivity contribution in [1.82, 2.24) is 4.57 Å². The Morgan fingerprint density at radius 1 is 1.56 bits per heavy atom. The van der Waals surface area contributed by atoms with Gasteiger partial charge in [0.25, 0.3) is 0 Å². The number of ether oxygens (including phenoxy) is 1. The molecule has 0 aliphatic heterocycles. The largest absolute Gasteiger partial charge is 0.491 e. The predicted octanol–water partition coefficient (Wildman–Crippen LogP) is 1.20. The third-order valence-corrected chi connectivity index (χ3v) is 2.47. The van der Waals surface area contributed by atoms with E-state index in [1.165, 1.54) is 30.4 Å². The van der Waals surface area contributed by atoms with Crippen molar-refractivity contribution in [3.8, 4) is 5.75 Å². The third-order valence-electron chi connectivity index (χ3n) is 2.47. The van der Waals surface area contributed by atoms with Crippen LogP contribution in [0, 0.1) is 0 Å². The second kappa shape index (κ2) is 4.79. The second-order valence-electron chi connectivity index (χ2n) is 3.66. The van der Waals surface area contributed by atoms with Crippen LogP contribution in [-0.4, -0.2) is 22.8 Å². The topological polar surface area (TPSA) is 81.7 Å². The molecule has 0 bridgehead atoms. The van der Waals surface area contributed by atoms with Gasteiger partial charge in [-0.05, 0) is 6.07 Å². The van der Waals surface area contributed by atoms with Crippen LogP contribution >= 0.6 is 0 Å². The van der Waals surface area contributed by atoms with Crippen molar-refractivity contribution in [3.05, 3.63) is 52.3 Å². The number of hydrogen-bond acceptors (Lipinski definition) is 4. The summed E-state index contributed by atoms with van der Waals surface area (Å²) in [6.07, 6.45) is 4.38. The van der Waals surface area contributed by atoms with Gasteiger partial charge in [-0.15, -0.1) is 0 Å². The van der Waals surface area contributed by atoms with E-state index < -0.39 is 11.4 Å². The number of hydrogen-bond donors (Lipinski definition) is 1. The van der Waals surface area contributed by atoms with Crippen LogP contribution in [-0.2, 0) is 6.54 Å². The maximum Gasteiger partial charge on any atom is 0.352 e. The van der Waals surface area contributed by atoms with Crippen LogP contribution in [0.3, 0.4) is 0 Å². The Bertz CT molecular complexity index is 612. The smallest absolute Gasteiger partial charge is 0.352 e. The van der Waals surface area contributed by atoms with Crippen LogP contribution in [0.5, 0.6) is 5.75 Å². The number of aromatic carboxylic acids is 1. The van der Waals surface area contributed by atoms with Crippen molar-refractivity contribution in [1.29, 1.82) is 0 Å². The molecule has 6 heteroatoms. The number of methoxy groups -OCH3 is 1. The van der Waals surface area contributed by atoms with Gasteiger partial charge in [-0.3, -0.25) is 4.79 Å². The van der Waals surface area contributed by atoms with Gasteiger partial charge in [0.15, 0.2) is 5.75 Å².